The van der Waals surface area contributed by atoms with Crippen LogP contribution in [0.15, 0.2) is 41.3 Å². The summed E-state index contributed by atoms with van der Waals surface area (Å²) in [7, 11) is 0. The van der Waals surface area contributed by atoms with Crippen molar-refractivity contribution >= 4 is 16.9 Å². The summed E-state index contributed by atoms with van der Waals surface area (Å²) < 4.78 is 6.01. The molecule has 102 valence electrons. The second-order valence-electron chi connectivity index (χ2n) is 5.29. The van der Waals surface area contributed by atoms with E-state index in [2.05, 4.69) is 41.0 Å². The van der Waals surface area contributed by atoms with Crippen LogP contribution in [0.1, 0.15) is 28.8 Å². The first-order chi connectivity index (χ1) is 9.93. The Morgan fingerprint density at radius 2 is 1.90 bits per heavy atom. The molecule has 4 rings (SSSR count). The van der Waals surface area contributed by atoms with E-state index in [1.54, 1.807) is 5.57 Å². The first kappa shape index (κ1) is 12.2. The second-order valence-corrected chi connectivity index (χ2v) is 6.20. The van der Waals surface area contributed by atoms with Gasteiger partial charge in [-0.05, 0) is 43.4 Å². The van der Waals surface area contributed by atoms with Crippen molar-refractivity contribution in [3.8, 4) is 5.75 Å². The van der Waals surface area contributed by atoms with Crippen LogP contribution in [0.5, 0.6) is 5.75 Å². The molecule has 3 heteroatoms. The van der Waals surface area contributed by atoms with Gasteiger partial charge in [0, 0.05) is 21.6 Å². The lowest BCUT2D eigenvalue weighted by molar-refractivity contribution is 0.307. The molecule has 0 atom stereocenters. The number of thiophene rings is 1. The van der Waals surface area contributed by atoms with Crippen molar-refractivity contribution in [1.29, 1.82) is 0 Å². The quantitative estimate of drug-likeness (QED) is 0.793. The number of hydrogen-bond donors (Lipinski definition) is 1. The van der Waals surface area contributed by atoms with Crippen LogP contribution in [0.2, 0.25) is 0 Å². The lowest BCUT2D eigenvalue weighted by Crippen LogP contribution is -2.23. The topological polar surface area (TPSA) is 21.3 Å². The van der Waals surface area contributed by atoms with Crippen molar-refractivity contribution in [1.82, 2.24) is 5.32 Å². The van der Waals surface area contributed by atoms with E-state index in [0.29, 0.717) is 6.61 Å². The van der Waals surface area contributed by atoms with E-state index in [0.717, 1.165) is 31.7 Å². The maximum absolute atomic E-state index is 6.01. The van der Waals surface area contributed by atoms with Gasteiger partial charge in [0.2, 0.25) is 0 Å². The monoisotopic (exact) mass is 283 g/mol. The number of fused-ring (bicyclic) bond motifs is 2. The predicted molar refractivity (Wildman–Crippen MR) is 83.2 cm³/mol. The van der Waals surface area contributed by atoms with Crippen LogP contribution < -0.4 is 10.1 Å². The molecular formula is C17H17NOS. The fourth-order valence-electron chi connectivity index (χ4n) is 3.08. The van der Waals surface area contributed by atoms with Crippen LogP contribution in [0.4, 0.5) is 0 Å². The molecule has 0 bridgehead atoms. The molecule has 2 nitrogen and oxygen atoms in total. The van der Waals surface area contributed by atoms with Crippen molar-refractivity contribution < 1.29 is 4.74 Å². The zero-order valence-corrected chi connectivity index (χ0v) is 12.1. The van der Waals surface area contributed by atoms with E-state index in [9.17, 15) is 0 Å². The first-order valence-electron chi connectivity index (χ1n) is 7.15. The largest absolute Gasteiger partial charge is 0.488 e. The number of para-hydroxylation sites is 1. The Kier molecular flexibility index (Phi) is 3.09. The van der Waals surface area contributed by atoms with Crippen LogP contribution in [-0.2, 0) is 6.61 Å². The highest BCUT2D eigenvalue weighted by Crippen LogP contribution is 2.42. The van der Waals surface area contributed by atoms with Gasteiger partial charge in [0.05, 0.1) is 0 Å². The molecule has 1 aromatic carbocycles. The summed E-state index contributed by atoms with van der Waals surface area (Å²) in [6.45, 7) is 2.86. The Bertz CT molecular complexity index is 663. The molecule has 0 radical (unpaired) electrons. The van der Waals surface area contributed by atoms with Crippen LogP contribution >= 0.6 is 11.3 Å². The molecule has 0 aliphatic carbocycles. The molecule has 1 N–H and O–H groups in total. The number of rotatable bonds is 0. The molecule has 0 spiro atoms. The first-order valence-corrected chi connectivity index (χ1v) is 8.03. The number of piperidine rings is 1. The summed E-state index contributed by atoms with van der Waals surface area (Å²) in [6.07, 6.45) is 2.28. The number of ether oxygens (including phenoxy) is 1. The van der Waals surface area contributed by atoms with Gasteiger partial charge in [-0.1, -0.05) is 23.8 Å². The Morgan fingerprint density at radius 3 is 2.80 bits per heavy atom. The fourth-order valence-corrected chi connectivity index (χ4v) is 4.09. The SMILES string of the molecule is c1ccc2c(c1)OCc1ccsc1C2=C1CCNCC1. The highest BCUT2D eigenvalue weighted by Gasteiger charge is 2.23. The molecule has 3 heterocycles. The zero-order valence-electron chi connectivity index (χ0n) is 11.3. The smallest absolute Gasteiger partial charge is 0.127 e. The highest BCUT2D eigenvalue weighted by molar-refractivity contribution is 7.11. The van der Waals surface area contributed by atoms with Gasteiger partial charge in [-0.15, -0.1) is 11.3 Å². The van der Waals surface area contributed by atoms with Gasteiger partial charge >= 0.3 is 0 Å². The molecule has 0 amide bonds. The van der Waals surface area contributed by atoms with Crippen LogP contribution in [0.25, 0.3) is 5.57 Å². The molecule has 2 aliphatic heterocycles. The van der Waals surface area contributed by atoms with Gasteiger partial charge in [0.15, 0.2) is 0 Å². The van der Waals surface area contributed by atoms with E-state index in [1.807, 2.05) is 11.3 Å². The lowest BCUT2D eigenvalue weighted by Gasteiger charge is -2.20. The third-order valence-electron chi connectivity index (χ3n) is 4.07. The molecule has 0 saturated carbocycles. The Hall–Kier alpha value is -1.58. The summed E-state index contributed by atoms with van der Waals surface area (Å²) in [5.41, 5.74) is 5.60. The Labute approximate surface area is 123 Å². The van der Waals surface area contributed by atoms with Gasteiger partial charge in [-0.2, -0.15) is 0 Å². The van der Waals surface area contributed by atoms with E-state index < -0.39 is 0 Å². The van der Waals surface area contributed by atoms with Gasteiger partial charge in [-0.3, -0.25) is 0 Å². The third kappa shape index (κ3) is 1.98. The average Bonchev–Trinajstić information content (AvgIpc) is 2.90. The summed E-state index contributed by atoms with van der Waals surface area (Å²) in [6, 6.07) is 10.7. The molecule has 20 heavy (non-hydrogen) atoms. The third-order valence-corrected chi connectivity index (χ3v) is 5.05. The molecule has 1 aromatic heterocycles. The summed E-state index contributed by atoms with van der Waals surface area (Å²) in [5, 5.41) is 5.63. The predicted octanol–water partition coefficient (Wildman–Crippen LogP) is 3.83. The van der Waals surface area contributed by atoms with Gasteiger partial charge in [-0.25, -0.2) is 0 Å². The molecule has 2 aliphatic rings. The highest BCUT2D eigenvalue weighted by atomic mass is 32.1. The Morgan fingerprint density at radius 1 is 1.05 bits per heavy atom. The normalized spacial score (nSPS) is 18.0. The van der Waals surface area contributed by atoms with Gasteiger partial charge < -0.3 is 10.1 Å². The molecule has 1 fully saturated rings. The van der Waals surface area contributed by atoms with Crippen molar-refractivity contribution in [2.45, 2.75) is 19.4 Å². The summed E-state index contributed by atoms with van der Waals surface area (Å²) in [5.74, 6) is 1.02. The molecule has 2 aromatic rings. The molecule has 0 unspecified atom stereocenters. The minimum absolute atomic E-state index is 0.685. The summed E-state index contributed by atoms with van der Waals surface area (Å²) in [4.78, 5) is 1.41. The van der Waals surface area contributed by atoms with Crippen molar-refractivity contribution in [3.63, 3.8) is 0 Å². The second kappa shape index (κ2) is 5.08. The molecule has 1 saturated heterocycles. The van der Waals surface area contributed by atoms with Gasteiger partial charge in [0.25, 0.3) is 0 Å². The van der Waals surface area contributed by atoms with Gasteiger partial charge in [0.1, 0.15) is 12.4 Å². The molecular weight excluding hydrogens is 266 g/mol. The standard InChI is InChI=1S/C17H17NOS/c1-2-4-15-14(3-1)16(12-5-8-18-9-6-12)17-13(11-19-15)7-10-20-17/h1-4,7,10,18H,5-6,8-9,11H2. The lowest BCUT2D eigenvalue weighted by atomic mass is 9.91. The minimum atomic E-state index is 0.685. The number of hydrogen-bond acceptors (Lipinski definition) is 3. The average molecular weight is 283 g/mol. The van der Waals surface area contributed by atoms with E-state index in [4.69, 9.17) is 4.74 Å². The maximum Gasteiger partial charge on any atom is 0.127 e. The van der Waals surface area contributed by atoms with Crippen molar-refractivity contribution in [2.75, 3.05) is 13.1 Å². The number of nitrogens with one attached hydrogen (secondary N) is 1. The van der Waals surface area contributed by atoms with E-state index in [1.165, 1.54) is 21.6 Å². The van der Waals surface area contributed by atoms with Crippen LogP contribution in [0.3, 0.4) is 0 Å². The van der Waals surface area contributed by atoms with Crippen molar-refractivity contribution in [3.05, 3.63) is 57.3 Å². The zero-order chi connectivity index (χ0) is 13.4. The van der Waals surface area contributed by atoms with Crippen molar-refractivity contribution in [2.24, 2.45) is 0 Å². The summed E-state index contributed by atoms with van der Waals surface area (Å²) >= 11 is 1.85. The Balaban J connectivity index is 1.96. The fraction of sp³-hybridized carbons (Fsp3) is 0.294. The minimum Gasteiger partial charge on any atom is -0.488 e. The van der Waals surface area contributed by atoms with E-state index in [-0.39, 0.29) is 0 Å². The van der Waals surface area contributed by atoms with Crippen LogP contribution in [0, 0.1) is 0 Å². The van der Waals surface area contributed by atoms with Crippen LogP contribution in [-0.4, -0.2) is 13.1 Å². The van der Waals surface area contributed by atoms with E-state index >= 15 is 0 Å². The number of benzene rings is 1. The maximum atomic E-state index is 6.01.